The highest BCUT2D eigenvalue weighted by Gasteiger charge is 2.42. The normalized spacial score (nSPS) is 24.8. The molecule has 92 valence electrons. The summed E-state index contributed by atoms with van der Waals surface area (Å²) in [6.45, 7) is 3.85. The van der Waals surface area contributed by atoms with Crippen LogP contribution in [-0.4, -0.2) is 21.7 Å². The fourth-order valence-corrected chi connectivity index (χ4v) is 2.81. The summed E-state index contributed by atoms with van der Waals surface area (Å²) in [4.78, 5) is 29.3. The van der Waals surface area contributed by atoms with Crippen LogP contribution in [0.15, 0.2) is 5.38 Å². The number of thiazole rings is 1. The van der Waals surface area contributed by atoms with E-state index in [1.165, 1.54) is 16.2 Å². The SMILES string of the molecule is CC1C(=O)N(Cc2nc(CCl)cs2)C(=O)C1C. The number of rotatable bonds is 3. The number of imide groups is 1. The highest BCUT2D eigenvalue weighted by molar-refractivity contribution is 7.09. The highest BCUT2D eigenvalue weighted by atomic mass is 35.5. The molecule has 2 amide bonds. The molecule has 1 aliphatic heterocycles. The zero-order valence-corrected chi connectivity index (χ0v) is 11.2. The number of nitrogens with zero attached hydrogens (tertiary/aromatic N) is 2. The quantitative estimate of drug-likeness (QED) is 0.625. The largest absolute Gasteiger partial charge is 0.275 e. The van der Waals surface area contributed by atoms with Crippen LogP contribution in [0.25, 0.3) is 0 Å². The number of aromatic nitrogens is 1. The van der Waals surface area contributed by atoms with E-state index in [4.69, 9.17) is 11.6 Å². The predicted molar refractivity (Wildman–Crippen MR) is 65.6 cm³/mol. The second kappa shape index (κ2) is 4.74. The summed E-state index contributed by atoms with van der Waals surface area (Å²) in [6, 6.07) is 0. The van der Waals surface area contributed by atoms with E-state index < -0.39 is 0 Å². The molecular formula is C11H13ClN2O2S. The summed E-state index contributed by atoms with van der Waals surface area (Å²) in [7, 11) is 0. The summed E-state index contributed by atoms with van der Waals surface area (Å²) in [5.74, 6) is -0.314. The van der Waals surface area contributed by atoms with E-state index in [-0.39, 0.29) is 30.2 Å². The molecule has 1 aromatic rings. The Morgan fingerprint density at radius 2 is 1.94 bits per heavy atom. The van der Waals surface area contributed by atoms with Gasteiger partial charge >= 0.3 is 0 Å². The minimum Gasteiger partial charge on any atom is -0.275 e. The lowest BCUT2D eigenvalue weighted by Crippen LogP contribution is -2.30. The smallest absolute Gasteiger partial charge is 0.233 e. The van der Waals surface area contributed by atoms with Gasteiger partial charge in [0.2, 0.25) is 11.8 Å². The molecule has 2 atom stereocenters. The number of alkyl halides is 1. The van der Waals surface area contributed by atoms with Crippen molar-refractivity contribution in [2.24, 2.45) is 11.8 Å². The van der Waals surface area contributed by atoms with Crippen molar-refractivity contribution < 1.29 is 9.59 Å². The lowest BCUT2D eigenvalue weighted by Gasteiger charge is -2.12. The van der Waals surface area contributed by atoms with E-state index in [1.54, 1.807) is 13.8 Å². The molecule has 0 saturated carbocycles. The maximum absolute atomic E-state index is 11.9. The summed E-state index contributed by atoms with van der Waals surface area (Å²) in [6.07, 6.45) is 0. The van der Waals surface area contributed by atoms with Crippen LogP contribution in [0, 0.1) is 11.8 Å². The molecule has 0 radical (unpaired) electrons. The fraction of sp³-hybridized carbons (Fsp3) is 0.545. The van der Waals surface area contributed by atoms with Gasteiger partial charge in [0.25, 0.3) is 0 Å². The Labute approximate surface area is 109 Å². The zero-order valence-electron chi connectivity index (χ0n) is 9.64. The third-order valence-corrected chi connectivity index (χ3v) is 4.25. The molecule has 1 aromatic heterocycles. The van der Waals surface area contributed by atoms with Crippen molar-refractivity contribution in [3.05, 3.63) is 16.1 Å². The Morgan fingerprint density at radius 1 is 1.35 bits per heavy atom. The van der Waals surface area contributed by atoms with Crippen molar-refractivity contribution in [2.45, 2.75) is 26.3 Å². The molecule has 0 bridgehead atoms. The van der Waals surface area contributed by atoms with Gasteiger partial charge in [-0.1, -0.05) is 13.8 Å². The van der Waals surface area contributed by atoms with Gasteiger partial charge in [-0.15, -0.1) is 22.9 Å². The standard InChI is InChI=1S/C11H13ClN2O2S/c1-6-7(2)11(16)14(10(6)15)4-9-13-8(3-12)5-17-9/h5-7H,3-4H2,1-2H3. The molecule has 0 N–H and O–H groups in total. The van der Waals surface area contributed by atoms with Gasteiger partial charge in [0.05, 0.1) is 18.1 Å². The van der Waals surface area contributed by atoms with Gasteiger partial charge in [-0.3, -0.25) is 14.5 Å². The van der Waals surface area contributed by atoms with Gasteiger partial charge in [0, 0.05) is 17.2 Å². The predicted octanol–water partition coefficient (Wildman–Crippen LogP) is 2.02. The summed E-state index contributed by atoms with van der Waals surface area (Å²) >= 11 is 7.08. The first kappa shape index (κ1) is 12.5. The van der Waals surface area contributed by atoms with Gasteiger partial charge in [0.1, 0.15) is 5.01 Å². The van der Waals surface area contributed by atoms with E-state index >= 15 is 0 Å². The van der Waals surface area contributed by atoms with Crippen LogP contribution >= 0.6 is 22.9 Å². The third-order valence-electron chi connectivity index (χ3n) is 3.09. The van der Waals surface area contributed by atoms with Crippen molar-refractivity contribution in [2.75, 3.05) is 0 Å². The van der Waals surface area contributed by atoms with Crippen LogP contribution in [0.1, 0.15) is 24.5 Å². The molecule has 17 heavy (non-hydrogen) atoms. The maximum Gasteiger partial charge on any atom is 0.233 e. The first-order valence-corrected chi connectivity index (χ1v) is 6.80. The lowest BCUT2D eigenvalue weighted by molar-refractivity contribution is -0.140. The molecule has 0 aromatic carbocycles. The van der Waals surface area contributed by atoms with Crippen LogP contribution in [0.2, 0.25) is 0 Å². The van der Waals surface area contributed by atoms with Crippen molar-refractivity contribution >= 4 is 34.8 Å². The Balaban J connectivity index is 2.13. The topological polar surface area (TPSA) is 50.3 Å². The Kier molecular flexibility index (Phi) is 3.49. The molecule has 4 nitrogen and oxygen atoms in total. The number of carbonyl (C=O) groups excluding carboxylic acids is 2. The van der Waals surface area contributed by atoms with Gasteiger partial charge in [0.15, 0.2) is 0 Å². The van der Waals surface area contributed by atoms with Crippen LogP contribution in [0.3, 0.4) is 0 Å². The molecule has 1 saturated heterocycles. The number of amides is 2. The highest BCUT2D eigenvalue weighted by Crippen LogP contribution is 2.27. The van der Waals surface area contributed by atoms with Crippen LogP contribution in [0.5, 0.6) is 0 Å². The van der Waals surface area contributed by atoms with Crippen LogP contribution in [-0.2, 0) is 22.0 Å². The minimum absolute atomic E-state index is 0.106. The van der Waals surface area contributed by atoms with Gasteiger partial charge in [-0.25, -0.2) is 4.98 Å². The van der Waals surface area contributed by atoms with Crippen molar-refractivity contribution in [3.8, 4) is 0 Å². The van der Waals surface area contributed by atoms with Gasteiger partial charge in [-0.05, 0) is 0 Å². The molecule has 0 aliphatic carbocycles. The molecule has 0 spiro atoms. The van der Waals surface area contributed by atoms with Crippen LogP contribution < -0.4 is 0 Å². The molecule has 2 unspecified atom stereocenters. The number of halogens is 1. The molecule has 1 fully saturated rings. The van der Waals surface area contributed by atoms with Gasteiger partial charge < -0.3 is 0 Å². The van der Waals surface area contributed by atoms with E-state index in [1.807, 2.05) is 5.38 Å². The van der Waals surface area contributed by atoms with E-state index in [0.717, 1.165) is 10.7 Å². The summed E-state index contributed by atoms with van der Waals surface area (Å²) in [5, 5.41) is 2.60. The van der Waals surface area contributed by atoms with Crippen LogP contribution in [0.4, 0.5) is 0 Å². The number of hydrogen-bond donors (Lipinski definition) is 0. The second-order valence-electron chi connectivity index (χ2n) is 4.21. The molecule has 6 heteroatoms. The summed E-state index contributed by atoms with van der Waals surface area (Å²) in [5.41, 5.74) is 0.784. The number of carbonyl (C=O) groups is 2. The third kappa shape index (κ3) is 2.21. The maximum atomic E-state index is 11.9. The number of hydrogen-bond acceptors (Lipinski definition) is 4. The van der Waals surface area contributed by atoms with Gasteiger partial charge in [-0.2, -0.15) is 0 Å². The Bertz CT molecular complexity index is 440. The first-order valence-electron chi connectivity index (χ1n) is 5.39. The minimum atomic E-state index is -0.227. The molecular weight excluding hydrogens is 260 g/mol. The summed E-state index contributed by atoms with van der Waals surface area (Å²) < 4.78 is 0. The van der Waals surface area contributed by atoms with E-state index in [0.29, 0.717) is 5.88 Å². The molecule has 1 aliphatic rings. The fourth-order valence-electron chi connectivity index (χ4n) is 1.80. The Hall–Kier alpha value is -0.940. The van der Waals surface area contributed by atoms with Crippen molar-refractivity contribution in [1.29, 1.82) is 0 Å². The molecule has 2 heterocycles. The lowest BCUT2D eigenvalue weighted by atomic mass is 10.00. The number of likely N-dealkylation sites (tertiary alicyclic amines) is 1. The molecule has 2 rings (SSSR count). The second-order valence-corrected chi connectivity index (χ2v) is 5.42. The van der Waals surface area contributed by atoms with Crippen molar-refractivity contribution in [3.63, 3.8) is 0 Å². The van der Waals surface area contributed by atoms with E-state index in [9.17, 15) is 9.59 Å². The van der Waals surface area contributed by atoms with Crippen molar-refractivity contribution in [1.82, 2.24) is 9.88 Å². The Morgan fingerprint density at radius 3 is 2.41 bits per heavy atom. The zero-order chi connectivity index (χ0) is 12.6. The van der Waals surface area contributed by atoms with E-state index in [2.05, 4.69) is 4.98 Å². The average Bonchev–Trinajstić information content (AvgIpc) is 2.85. The first-order chi connectivity index (χ1) is 8.04. The average molecular weight is 273 g/mol. The monoisotopic (exact) mass is 272 g/mol.